The van der Waals surface area contributed by atoms with Crippen molar-refractivity contribution in [3.05, 3.63) is 77.4 Å². The summed E-state index contributed by atoms with van der Waals surface area (Å²) in [5.41, 5.74) is 2.91. The molecule has 0 atom stereocenters. The van der Waals surface area contributed by atoms with Crippen molar-refractivity contribution in [1.82, 2.24) is 5.43 Å². The van der Waals surface area contributed by atoms with Crippen molar-refractivity contribution in [2.75, 3.05) is 11.9 Å². The van der Waals surface area contributed by atoms with Crippen LogP contribution in [0.5, 0.6) is 0 Å². The van der Waals surface area contributed by atoms with Gasteiger partial charge >= 0.3 is 6.18 Å². The Morgan fingerprint density at radius 3 is 2.38 bits per heavy atom. The van der Waals surface area contributed by atoms with Gasteiger partial charge in [-0.3, -0.25) is 9.59 Å². The smallest absolute Gasteiger partial charge is 0.376 e. The van der Waals surface area contributed by atoms with Crippen molar-refractivity contribution in [3.63, 3.8) is 0 Å². The number of carbonyl (C=O) groups is 2. The first kappa shape index (κ1) is 18.7. The van der Waals surface area contributed by atoms with Gasteiger partial charge in [-0.15, -0.1) is 0 Å². The molecule has 0 unspecified atom stereocenters. The molecule has 5 nitrogen and oxygen atoms in total. The van der Waals surface area contributed by atoms with E-state index in [0.29, 0.717) is 11.1 Å². The molecule has 2 N–H and O–H groups in total. The number of nitrogens with zero attached hydrogens (tertiary/aromatic N) is 1. The highest BCUT2D eigenvalue weighted by Gasteiger charge is 2.30. The number of anilines is 1. The molecule has 0 fully saturated rings. The number of hydrogen-bond donors (Lipinski definition) is 2. The molecule has 0 radical (unpaired) electrons. The molecule has 0 saturated carbocycles. The minimum atomic E-state index is -4.47. The number of hydrogen-bond acceptors (Lipinski definition) is 4. The molecule has 0 saturated heterocycles. The highest BCUT2D eigenvalue weighted by Crippen LogP contribution is 2.31. The molecule has 1 aliphatic rings. The number of benzene rings is 3. The van der Waals surface area contributed by atoms with Gasteiger partial charge in [-0.2, -0.15) is 18.3 Å². The van der Waals surface area contributed by atoms with Crippen molar-refractivity contribution in [3.8, 4) is 0 Å². The number of carbonyl (C=O) groups excluding carboxylic acids is 2. The summed E-state index contributed by atoms with van der Waals surface area (Å²) in [6.45, 7) is -0.302. The standard InChI is InChI=1S/C21H14F3N3O2/c22-21(23,24)13-6-3-7-14(10-13)25-11-17(28)26-27-19-15-8-1-4-12-5-2-9-16(18(12)15)20(19)29/h1-10,25H,11H2,(H,26,28). The molecule has 29 heavy (non-hydrogen) atoms. The second-order valence-corrected chi connectivity index (χ2v) is 6.47. The molecule has 0 aliphatic heterocycles. The van der Waals surface area contributed by atoms with Gasteiger partial charge in [0, 0.05) is 22.2 Å². The summed E-state index contributed by atoms with van der Waals surface area (Å²) < 4.78 is 38.2. The molecule has 0 heterocycles. The van der Waals surface area contributed by atoms with E-state index >= 15 is 0 Å². The van der Waals surface area contributed by atoms with E-state index in [1.54, 1.807) is 24.3 Å². The molecule has 8 heteroatoms. The van der Waals surface area contributed by atoms with Crippen molar-refractivity contribution in [2.45, 2.75) is 6.18 Å². The van der Waals surface area contributed by atoms with Gasteiger partial charge in [-0.25, -0.2) is 5.43 Å². The predicted octanol–water partition coefficient (Wildman–Crippen LogP) is 3.99. The Morgan fingerprint density at radius 1 is 0.966 bits per heavy atom. The highest BCUT2D eigenvalue weighted by molar-refractivity contribution is 6.59. The normalized spacial score (nSPS) is 14.4. The molecule has 3 aromatic carbocycles. The fraction of sp³-hybridized carbons (Fsp3) is 0.0952. The molecule has 4 rings (SSSR count). The number of ketones is 1. The Labute approximate surface area is 163 Å². The Hall–Kier alpha value is -3.68. The second-order valence-electron chi connectivity index (χ2n) is 6.47. The monoisotopic (exact) mass is 397 g/mol. The van der Waals surface area contributed by atoms with Crippen molar-refractivity contribution < 1.29 is 22.8 Å². The van der Waals surface area contributed by atoms with Crippen molar-refractivity contribution in [1.29, 1.82) is 0 Å². The number of amides is 1. The molecule has 1 aliphatic carbocycles. The van der Waals surface area contributed by atoms with Crippen molar-refractivity contribution >= 4 is 33.9 Å². The van der Waals surface area contributed by atoms with E-state index in [0.717, 1.165) is 22.9 Å². The summed E-state index contributed by atoms with van der Waals surface area (Å²) in [6, 6.07) is 15.3. The van der Waals surface area contributed by atoms with Gasteiger partial charge in [0.2, 0.25) is 5.78 Å². The fourth-order valence-corrected chi connectivity index (χ4v) is 3.23. The summed E-state index contributed by atoms with van der Waals surface area (Å²) in [6.07, 6.45) is -4.47. The quantitative estimate of drug-likeness (QED) is 0.654. The third-order valence-electron chi connectivity index (χ3n) is 4.55. The summed E-state index contributed by atoms with van der Waals surface area (Å²) in [5.74, 6) is -0.881. The lowest BCUT2D eigenvalue weighted by Crippen LogP contribution is -2.28. The lowest BCUT2D eigenvalue weighted by atomic mass is 10.1. The van der Waals surface area contributed by atoms with E-state index in [2.05, 4.69) is 15.8 Å². The van der Waals surface area contributed by atoms with Gasteiger partial charge < -0.3 is 5.32 Å². The third-order valence-corrected chi connectivity index (χ3v) is 4.55. The maximum Gasteiger partial charge on any atom is 0.416 e. The van der Waals surface area contributed by atoms with Gasteiger partial charge in [0.1, 0.15) is 5.71 Å². The Kier molecular flexibility index (Phi) is 4.54. The van der Waals surface area contributed by atoms with Gasteiger partial charge in [-0.1, -0.05) is 42.5 Å². The highest BCUT2D eigenvalue weighted by atomic mass is 19.4. The topological polar surface area (TPSA) is 70.6 Å². The number of alkyl halides is 3. The number of hydrazone groups is 1. The fourth-order valence-electron chi connectivity index (χ4n) is 3.23. The maximum absolute atomic E-state index is 12.7. The minimum absolute atomic E-state index is 0.129. The van der Waals surface area contributed by atoms with Crippen LogP contribution < -0.4 is 10.7 Å². The van der Waals surface area contributed by atoms with Crippen molar-refractivity contribution in [2.24, 2.45) is 5.10 Å². The van der Waals surface area contributed by atoms with Crippen LogP contribution in [-0.4, -0.2) is 23.9 Å². The zero-order chi connectivity index (χ0) is 20.6. The zero-order valence-corrected chi connectivity index (χ0v) is 14.9. The molecule has 3 aromatic rings. The summed E-state index contributed by atoms with van der Waals surface area (Å²) >= 11 is 0. The van der Waals surface area contributed by atoms with E-state index in [9.17, 15) is 22.8 Å². The van der Waals surface area contributed by atoms with Crippen LogP contribution in [0.1, 0.15) is 21.5 Å². The Morgan fingerprint density at radius 2 is 1.66 bits per heavy atom. The molecule has 1 amide bonds. The lowest BCUT2D eigenvalue weighted by Gasteiger charge is -2.10. The van der Waals surface area contributed by atoms with Crippen LogP contribution in [-0.2, 0) is 11.0 Å². The summed E-state index contributed by atoms with van der Waals surface area (Å²) in [7, 11) is 0. The van der Waals surface area contributed by atoms with E-state index in [4.69, 9.17) is 0 Å². The predicted molar refractivity (Wildman–Crippen MR) is 103 cm³/mol. The molecule has 146 valence electrons. The molecule has 0 aromatic heterocycles. The number of halogens is 3. The maximum atomic E-state index is 12.7. The van der Waals surface area contributed by atoms with Crippen LogP contribution in [0.3, 0.4) is 0 Å². The zero-order valence-electron chi connectivity index (χ0n) is 14.9. The van der Waals surface area contributed by atoms with Gasteiger partial charge in [0.15, 0.2) is 0 Å². The van der Waals surface area contributed by atoms with E-state index in [-0.39, 0.29) is 23.7 Å². The van der Waals surface area contributed by atoms with Crippen LogP contribution in [0, 0.1) is 0 Å². The van der Waals surface area contributed by atoms with Gasteiger partial charge in [-0.05, 0) is 23.6 Å². The molecule has 0 spiro atoms. The molecule has 0 bridgehead atoms. The summed E-state index contributed by atoms with van der Waals surface area (Å²) in [4.78, 5) is 24.7. The van der Waals surface area contributed by atoms with Crippen LogP contribution in [0.2, 0.25) is 0 Å². The van der Waals surface area contributed by atoms with E-state index < -0.39 is 17.6 Å². The Bertz CT molecular complexity index is 1160. The van der Waals surface area contributed by atoms with Gasteiger partial charge in [0.25, 0.3) is 5.91 Å². The molecular weight excluding hydrogens is 383 g/mol. The average molecular weight is 397 g/mol. The Balaban J connectivity index is 1.46. The van der Waals surface area contributed by atoms with E-state index in [1.165, 1.54) is 12.1 Å². The first-order chi connectivity index (χ1) is 13.8. The first-order valence-electron chi connectivity index (χ1n) is 8.69. The number of nitrogens with one attached hydrogen (secondary N) is 2. The largest absolute Gasteiger partial charge is 0.416 e. The second kappa shape index (κ2) is 7.05. The minimum Gasteiger partial charge on any atom is -0.376 e. The lowest BCUT2D eigenvalue weighted by molar-refractivity contribution is -0.137. The average Bonchev–Trinajstić information content (AvgIpc) is 2.98. The van der Waals surface area contributed by atoms with Gasteiger partial charge in [0.05, 0.1) is 12.1 Å². The summed E-state index contributed by atoms with van der Waals surface area (Å²) in [5, 5.41) is 8.26. The van der Waals surface area contributed by atoms with Crippen LogP contribution in [0.15, 0.2) is 65.8 Å². The number of Topliss-reactive ketones (excluding diaryl/α,β-unsaturated/α-hetero) is 1. The number of rotatable bonds is 4. The van der Waals surface area contributed by atoms with Crippen LogP contribution in [0.25, 0.3) is 10.8 Å². The molecular formula is C21H14F3N3O2. The van der Waals surface area contributed by atoms with E-state index in [1.807, 2.05) is 12.1 Å². The third kappa shape index (κ3) is 3.56. The van der Waals surface area contributed by atoms with Crippen LogP contribution in [0.4, 0.5) is 18.9 Å². The van der Waals surface area contributed by atoms with Crippen LogP contribution >= 0.6 is 0 Å². The first-order valence-corrected chi connectivity index (χ1v) is 8.69. The SMILES string of the molecule is O=C(CNc1cccc(C(F)(F)F)c1)NN=C1C(=O)c2cccc3cccc1c23.